The lowest BCUT2D eigenvalue weighted by molar-refractivity contribution is 0.0780. The minimum Gasteiger partial charge on any atom is -0.350 e. The fraction of sp³-hybridized carbons (Fsp3) is 0.125. The molecule has 2 aromatic heterocycles. The van der Waals surface area contributed by atoms with Gasteiger partial charge in [0.2, 0.25) is 0 Å². The van der Waals surface area contributed by atoms with E-state index in [1.54, 1.807) is 42.5 Å². The van der Waals surface area contributed by atoms with E-state index in [0.717, 1.165) is 5.56 Å². The molecular formula is C16H14FN3O. The summed E-state index contributed by atoms with van der Waals surface area (Å²) in [7, 11) is 1.71. The third kappa shape index (κ3) is 2.63. The monoisotopic (exact) mass is 283 g/mol. The highest BCUT2D eigenvalue weighted by molar-refractivity contribution is 5.98. The van der Waals surface area contributed by atoms with E-state index in [1.807, 2.05) is 12.1 Å². The number of nitrogens with one attached hydrogen (secondary N) is 1. The summed E-state index contributed by atoms with van der Waals surface area (Å²) in [5.74, 6) is -0.521. The van der Waals surface area contributed by atoms with Gasteiger partial charge in [0.15, 0.2) is 0 Å². The number of pyridine rings is 1. The van der Waals surface area contributed by atoms with Crippen LogP contribution in [0.5, 0.6) is 0 Å². The lowest BCUT2D eigenvalue weighted by Crippen LogP contribution is -2.26. The molecule has 0 aliphatic rings. The summed E-state index contributed by atoms with van der Waals surface area (Å²) in [5.41, 5.74) is 1.94. The van der Waals surface area contributed by atoms with Gasteiger partial charge in [0.05, 0.1) is 0 Å². The summed E-state index contributed by atoms with van der Waals surface area (Å²) in [4.78, 5) is 20.9. The molecule has 0 aliphatic carbocycles. The maximum Gasteiger partial charge on any atom is 0.270 e. The molecule has 0 atom stereocenters. The number of aromatic nitrogens is 2. The Hall–Kier alpha value is -2.69. The van der Waals surface area contributed by atoms with Crippen molar-refractivity contribution in [2.24, 2.45) is 0 Å². The van der Waals surface area contributed by atoms with E-state index in [0.29, 0.717) is 23.1 Å². The number of aromatic amines is 1. The fourth-order valence-corrected chi connectivity index (χ4v) is 2.28. The smallest absolute Gasteiger partial charge is 0.270 e. The van der Waals surface area contributed by atoms with Gasteiger partial charge < -0.3 is 9.88 Å². The quantitative estimate of drug-likeness (QED) is 0.803. The highest BCUT2D eigenvalue weighted by Crippen LogP contribution is 2.19. The number of H-pyrrole nitrogens is 1. The van der Waals surface area contributed by atoms with Crippen LogP contribution in [0.4, 0.5) is 4.39 Å². The van der Waals surface area contributed by atoms with Gasteiger partial charge in [-0.3, -0.25) is 9.78 Å². The van der Waals surface area contributed by atoms with E-state index in [2.05, 4.69) is 9.97 Å². The average Bonchev–Trinajstić information content (AvgIpc) is 2.93. The largest absolute Gasteiger partial charge is 0.350 e. The van der Waals surface area contributed by atoms with E-state index >= 15 is 0 Å². The molecule has 3 aromatic rings. The van der Waals surface area contributed by atoms with Crippen LogP contribution in [0, 0.1) is 5.82 Å². The molecular weight excluding hydrogens is 269 g/mol. The van der Waals surface area contributed by atoms with Crippen LogP contribution < -0.4 is 0 Å². The Morgan fingerprint density at radius 3 is 2.90 bits per heavy atom. The lowest BCUT2D eigenvalue weighted by atomic mass is 10.2. The van der Waals surface area contributed by atoms with E-state index < -0.39 is 0 Å². The normalized spacial score (nSPS) is 10.8. The highest BCUT2D eigenvalue weighted by atomic mass is 19.1. The predicted molar refractivity (Wildman–Crippen MR) is 78.3 cm³/mol. The molecule has 5 heteroatoms. The minimum absolute atomic E-state index is 0.186. The third-order valence-corrected chi connectivity index (χ3v) is 3.33. The number of halogens is 1. The van der Waals surface area contributed by atoms with E-state index in [-0.39, 0.29) is 11.7 Å². The number of fused-ring (bicyclic) bond motifs is 1. The van der Waals surface area contributed by atoms with Crippen LogP contribution in [-0.2, 0) is 6.54 Å². The fourth-order valence-electron chi connectivity index (χ4n) is 2.28. The van der Waals surface area contributed by atoms with Crippen molar-refractivity contribution in [3.05, 3.63) is 65.9 Å². The van der Waals surface area contributed by atoms with Crippen molar-refractivity contribution in [3.63, 3.8) is 0 Å². The summed E-state index contributed by atoms with van der Waals surface area (Å²) in [6.45, 7) is 0.449. The second kappa shape index (κ2) is 5.36. The van der Waals surface area contributed by atoms with Gasteiger partial charge in [-0.2, -0.15) is 0 Å². The first-order valence-corrected chi connectivity index (χ1v) is 6.57. The van der Waals surface area contributed by atoms with E-state index in [9.17, 15) is 9.18 Å². The Bertz CT molecular complexity index is 783. The van der Waals surface area contributed by atoms with E-state index in [4.69, 9.17) is 0 Å². The van der Waals surface area contributed by atoms with Gasteiger partial charge in [0.25, 0.3) is 5.91 Å². The first-order valence-electron chi connectivity index (χ1n) is 6.57. The van der Waals surface area contributed by atoms with Crippen LogP contribution in [0.15, 0.2) is 48.8 Å². The zero-order valence-electron chi connectivity index (χ0n) is 11.5. The summed E-state index contributed by atoms with van der Waals surface area (Å²) >= 11 is 0. The standard InChI is InChI=1S/C16H14FN3O/c1-20(10-11-4-3-7-18-9-11)16(21)15-8-12-13(17)5-2-6-14(12)19-15/h2-9,19H,10H2,1H3. The zero-order valence-corrected chi connectivity index (χ0v) is 11.5. The van der Waals surface area contributed by atoms with Crippen LogP contribution in [0.3, 0.4) is 0 Å². The van der Waals surface area contributed by atoms with Gasteiger partial charge in [-0.05, 0) is 29.8 Å². The Labute approximate surface area is 121 Å². The minimum atomic E-state index is -0.335. The van der Waals surface area contributed by atoms with Gasteiger partial charge in [0.1, 0.15) is 11.5 Å². The summed E-state index contributed by atoms with van der Waals surface area (Å²) < 4.78 is 13.7. The van der Waals surface area contributed by atoms with Crippen LogP contribution in [0.25, 0.3) is 10.9 Å². The van der Waals surface area contributed by atoms with Crippen LogP contribution in [0.2, 0.25) is 0 Å². The Kier molecular flexibility index (Phi) is 3.39. The molecule has 106 valence electrons. The van der Waals surface area contributed by atoms with Gasteiger partial charge in [0, 0.05) is 36.9 Å². The van der Waals surface area contributed by atoms with Crippen molar-refractivity contribution in [1.29, 1.82) is 0 Å². The molecule has 0 spiro atoms. The number of carbonyl (C=O) groups is 1. The highest BCUT2D eigenvalue weighted by Gasteiger charge is 2.15. The number of benzene rings is 1. The zero-order chi connectivity index (χ0) is 14.8. The molecule has 0 saturated heterocycles. The Morgan fingerprint density at radius 2 is 2.19 bits per heavy atom. The number of hydrogen-bond acceptors (Lipinski definition) is 2. The molecule has 21 heavy (non-hydrogen) atoms. The molecule has 0 aliphatic heterocycles. The molecule has 3 rings (SSSR count). The molecule has 0 bridgehead atoms. The van der Waals surface area contributed by atoms with E-state index in [1.165, 1.54) is 6.07 Å². The molecule has 1 amide bonds. The van der Waals surface area contributed by atoms with Gasteiger partial charge in [-0.1, -0.05) is 12.1 Å². The second-order valence-electron chi connectivity index (χ2n) is 4.91. The van der Waals surface area contributed by atoms with Gasteiger partial charge in [-0.25, -0.2) is 4.39 Å². The van der Waals surface area contributed by atoms with Crippen LogP contribution in [-0.4, -0.2) is 27.8 Å². The van der Waals surface area contributed by atoms with Gasteiger partial charge >= 0.3 is 0 Å². The maximum absolute atomic E-state index is 13.7. The number of hydrogen-bond donors (Lipinski definition) is 1. The second-order valence-corrected chi connectivity index (χ2v) is 4.91. The summed E-state index contributed by atoms with van der Waals surface area (Å²) in [6, 6.07) is 10.0. The Balaban J connectivity index is 1.84. The van der Waals surface area contributed by atoms with Crippen molar-refractivity contribution in [2.75, 3.05) is 7.05 Å². The number of nitrogens with zero attached hydrogens (tertiary/aromatic N) is 2. The summed E-state index contributed by atoms with van der Waals surface area (Å²) in [6.07, 6.45) is 3.40. The van der Waals surface area contributed by atoms with Crippen LogP contribution in [0.1, 0.15) is 16.1 Å². The van der Waals surface area contributed by atoms with Crippen molar-refractivity contribution in [3.8, 4) is 0 Å². The van der Waals surface area contributed by atoms with Crippen molar-refractivity contribution in [1.82, 2.24) is 14.9 Å². The van der Waals surface area contributed by atoms with Gasteiger partial charge in [-0.15, -0.1) is 0 Å². The molecule has 4 nitrogen and oxygen atoms in total. The molecule has 0 saturated carbocycles. The van der Waals surface area contributed by atoms with Crippen molar-refractivity contribution < 1.29 is 9.18 Å². The molecule has 0 unspecified atom stereocenters. The number of amides is 1. The average molecular weight is 283 g/mol. The first-order chi connectivity index (χ1) is 10.1. The Morgan fingerprint density at radius 1 is 1.33 bits per heavy atom. The number of carbonyl (C=O) groups excluding carboxylic acids is 1. The van der Waals surface area contributed by atoms with Crippen LogP contribution >= 0.6 is 0 Å². The molecule has 0 radical (unpaired) electrons. The number of rotatable bonds is 3. The third-order valence-electron chi connectivity index (χ3n) is 3.33. The molecule has 0 fully saturated rings. The van der Waals surface area contributed by atoms with Crippen molar-refractivity contribution in [2.45, 2.75) is 6.54 Å². The maximum atomic E-state index is 13.7. The van der Waals surface area contributed by atoms with Crippen molar-refractivity contribution >= 4 is 16.8 Å². The predicted octanol–water partition coefficient (Wildman–Crippen LogP) is 2.97. The lowest BCUT2D eigenvalue weighted by Gasteiger charge is -2.16. The molecule has 1 aromatic carbocycles. The topological polar surface area (TPSA) is 49.0 Å². The molecule has 2 heterocycles. The SMILES string of the molecule is CN(Cc1cccnc1)C(=O)c1cc2c(F)cccc2[nH]1. The molecule has 1 N–H and O–H groups in total. The summed E-state index contributed by atoms with van der Waals surface area (Å²) in [5, 5.41) is 0.427. The first kappa shape index (κ1) is 13.3.